The molecule has 2 aromatic heterocycles. The van der Waals surface area contributed by atoms with Gasteiger partial charge in [0.2, 0.25) is 0 Å². The Morgan fingerprint density at radius 3 is 2.78 bits per heavy atom. The number of aromatic nitrogens is 1. The molecule has 5 heteroatoms. The fourth-order valence-corrected chi connectivity index (χ4v) is 4.44. The van der Waals surface area contributed by atoms with Crippen molar-refractivity contribution in [3.8, 4) is 0 Å². The zero-order chi connectivity index (χ0) is 15.8. The number of rotatable bonds is 2. The molecule has 0 aliphatic carbocycles. The molecule has 1 aromatic carbocycles. The van der Waals surface area contributed by atoms with Crippen LogP contribution in [0, 0.1) is 0 Å². The number of hydrogen-bond donors (Lipinski definition) is 0. The van der Waals surface area contributed by atoms with Gasteiger partial charge in [-0.3, -0.25) is 4.79 Å². The van der Waals surface area contributed by atoms with Gasteiger partial charge in [-0.25, -0.2) is 0 Å². The second-order valence-electron chi connectivity index (χ2n) is 5.53. The molecule has 3 nitrogen and oxygen atoms in total. The Morgan fingerprint density at radius 2 is 2.00 bits per heavy atom. The average molecular weight is 387 g/mol. The lowest BCUT2D eigenvalue weighted by molar-refractivity contribution is 0.0760. The van der Waals surface area contributed by atoms with Crippen LogP contribution in [0.25, 0.3) is 5.52 Å². The summed E-state index contributed by atoms with van der Waals surface area (Å²) in [5, 5.41) is 0.0959. The van der Waals surface area contributed by atoms with Gasteiger partial charge in [0.25, 0.3) is 5.91 Å². The van der Waals surface area contributed by atoms with E-state index in [1.807, 2.05) is 69.9 Å². The van der Waals surface area contributed by atoms with E-state index in [1.165, 1.54) is 5.56 Å². The summed E-state index contributed by atoms with van der Waals surface area (Å²) in [6, 6.07) is 16.2. The van der Waals surface area contributed by atoms with Gasteiger partial charge in [-0.2, -0.15) is 0 Å². The predicted octanol–water partition coefficient (Wildman–Crippen LogP) is 4.59. The number of pyridine rings is 1. The topological polar surface area (TPSA) is 24.7 Å². The summed E-state index contributed by atoms with van der Waals surface area (Å²) in [6.07, 6.45) is 3.89. The summed E-state index contributed by atoms with van der Waals surface area (Å²) < 4.78 is 3.05. The fraction of sp³-hybridized carbons (Fsp3) is 0.167. The van der Waals surface area contributed by atoms with Crippen LogP contribution >= 0.6 is 27.7 Å². The van der Waals surface area contributed by atoms with Gasteiger partial charge in [0.15, 0.2) is 0 Å². The standard InChI is InChI=1S/C18H15BrN2OS/c19-15-6-4-13(5-7-15)18-21(9-10-23-18)17(22)14-11-16-3-1-2-8-20(16)12-14/h1-8,11-12,18H,9-10H2. The smallest absolute Gasteiger partial charge is 0.256 e. The van der Waals surface area contributed by atoms with Crippen molar-refractivity contribution < 1.29 is 4.79 Å². The van der Waals surface area contributed by atoms with Gasteiger partial charge in [-0.1, -0.05) is 34.1 Å². The molecule has 0 saturated carbocycles. The lowest BCUT2D eigenvalue weighted by Gasteiger charge is -2.23. The van der Waals surface area contributed by atoms with Crippen LogP contribution in [0.15, 0.2) is 65.4 Å². The lowest BCUT2D eigenvalue weighted by atomic mass is 10.2. The Bertz CT molecular complexity index is 826. The van der Waals surface area contributed by atoms with Crippen LogP contribution in [-0.4, -0.2) is 27.5 Å². The highest BCUT2D eigenvalue weighted by Gasteiger charge is 2.31. The summed E-state index contributed by atoms with van der Waals surface area (Å²) >= 11 is 5.29. The Kier molecular flexibility index (Phi) is 3.91. The minimum Gasteiger partial charge on any atom is -0.323 e. The van der Waals surface area contributed by atoms with Gasteiger partial charge in [0.1, 0.15) is 5.37 Å². The van der Waals surface area contributed by atoms with Crippen molar-refractivity contribution in [3.63, 3.8) is 0 Å². The fourth-order valence-electron chi connectivity index (χ4n) is 2.92. The van der Waals surface area contributed by atoms with Crippen molar-refractivity contribution in [2.24, 2.45) is 0 Å². The highest BCUT2D eigenvalue weighted by atomic mass is 79.9. The van der Waals surface area contributed by atoms with Crippen LogP contribution in [0.4, 0.5) is 0 Å². The van der Waals surface area contributed by atoms with Crippen molar-refractivity contribution in [3.05, 3.63) is 76.5 Å². The number of benzene rings is 1. The molecule has 1 aliphatic heterocycles. The SMILES string of the molecule is O=C(c1cc2ccccn2c1)N1CCSC1c1ccc(Br)cc1. The molecule has 3 aromatic rings. The van der Waals surface area contributed by atoms with Gasteiger partial charge >= 0.3 is 0 Å². The van der Waals surface area contributed by atoms with E-state index in [0.717, 1.165) is 27.9 Å². The first-order valence-electron chi connectivity index (χ1n) is 7.47. The normalized spacial score (nSPS) is 17.8. The molecule has 23 heavy (non-hydrogen) atoms. The molecule has 1 saturated heterocycles. The second-order valence-corrected chi connectivity index (χ2v) is 7.64. The summed E-state index contributed by atoms with van der Waals surface area (Å²) in [4.78, 5) is 14.9. The summed E-state index contributed by atoms with van der Waals surface area (Å²) in [5.74, 6) is 1.08. The first-order chi connectivity index (χ1) is 11.2. The Morgan fingerprint density at radius 1 is 1.17 bits per heavy atom. The number of amides is 1. The van der Waals surface area contributed by atoms with E-state index in [1.54, 1.807) is 0 Å². The third-order valence-electron chi connectivity index (χ3n) is 4.06. The molecule has 1 amide bonds. The maximum Gasteiger partial charge on any atom is 0.256 e. The molecule has 116 valence electrons. The summed E-state index contributed by atoms with van der Waals surface area (Å²) in [5.41, 5.74) is 2.97. The van der Waals surface area contributed by atoms with Gasteiger partial charge in [0.05, 0.1) is 5.56 Å². The first kappa shape index (κ1) is 14.8. The third kappa shape index (κ3) is 2.79. The van der Waals surface area contributed by atoms with E-state index >= 15 is 0 Å². The first-order valence-corrected chi connectivity index (χ1v) is 9.31. The molecular formula is C18H15BrN2OS. The van der Waals surface area contributed by atoms with Crippen LogP contribution < -0.4 is 0 Å². The minimum absolute atomic E-state index is 0.0959. The van der Waals surface area contributed by atoms with E-state index in [4.69, 9.17) is 0 Å². The van der Waals surface area contributed by atoms with Crippen LogP contribution in [0.1, 0.15) is 21.3 Å². The summed E-state index contributed by atoms with van der Waals surface area (Å²) in [7, 11) is 0. The number of halogens is 1. The number of hydrogen-bond acceptors (Lipinski definition) is 2. The molecule has 1 aliphatic rings. The molecule has 1 atom stereocenters. The largest absolute Gasteiger partial charge is 0.323 e. The molecule has 1 unspecified atom stereocenters. The van der Waals surface area contributed by atoms with Crippen LogP contribution in [0.2, 0.25) is 0 Å². The number of nitrogens with zero attached hydrogens (tertiary/aromatic N) is 2. The van der Waals surface area contributed by atoms with E-state index in [9.17, 15) is 4.79 Å². The number of carbonyl (C=O) groups is 1. The molecule has 0 spiro atoms. The van der Waals surface area contributed by atoms with Crippen molar-refractivity contribution in [2.75, 3.05) is 12.3 Å². The van der Waals surface area contributed by atoms with E-state index < -0.39 is 0 Å². The van der Waals surface area contributed by atoms with Gasteiger partial charge < -0.3 is 9.30 Å². The molecule has 4 rings (SSSR count). The Hall–Kier alpha value is -1.72. The minimum atomic E-state index is 0.0959. The molecule has 1 fully saturated rings. The molecular weight excluding hydrogens is 372 g/mol. The molecule has 3 heterocycles. The summed E-state index contributed by atoms with van der Waals surface area (Å²) in [6.45, 7) is 0.788. The lowest BCUT2D eigenvalue weighted by Crippen LogP contribution is -2.30. The van der Waals surface area contributed by atoms with Gasteiger partial charge in [-0.05, 0) is 35.9 Å². The van der Waals surface area contributed by atoms with Crippen molar-refractivity contribution >= 4 is 39.1 Å². The maximum absolute atomic E-state index is 13.0. The van der Waals surface area contributed by atoms with Gasteiger partial charge in [-0.15, -0.1) is 11.8 Å². The zero-order valence-electron chi connectivity index (χ0n) is 12.4. The Balaban J connectivity index is 1.65. The average Bonchev–Trinajstić information content (AvgIpc) is 3.21. The monoisotopic (exact) mass is 386 g/mol. The molecule has 0 N–H and O–H groups in total. The quantitative estimate of drug-likeness (QED) is 0.643. The Labute approximate surface area is 147 Å². The predicted molar refractivity (Wildman–Crippen MR) is 97.8 cm³/mol. The number of fused-ring (bicyclic) bond motifs is 1. The van der Waals surface area contributed by atoms with Crippen LogP contribution in [0.5, 0.6) is 0 Å². The van der Waals surface area contributed by atoms with E-state index in [-0.39, 0.29) is 11.3 Å². The molecule has 0 radical (unpaired) electrons. The van der Waals surface area contributed by atoms with E-state index in [2.05, 4.69) is 28.1 Å². The molecule has 0 bridgehead atoms. The third-order valence-corrected chi connectivity index (χ3v) is 5.85. The highest BCUT2D eigenvalue weighted by Crippen LogP contribution is 2.39. The maximum atomic E-state index is 13.0. The van der Waals surface area contributed by atoms with Crippen molar-refractivity contribution in [1.82, 2.24) is 9.30 Å². The van der Waals surface area contributed by atoms with Crippen molar-refractivity contribution in [2.45, 2.75) is 5.37 Å². The number of carbonyl (C=O) groups excluding carboxylic acids is 1. The van der Waals surface area contributed by atoms with E-state index in [0.29, 0.717) is 0 Å². The van der Waals surface area contributed by atoms with Crippen LogP contribution in [-0.2, 0) is 0 Å². The highest BCUT2D eigenvalue weighted by molar-refractivity contribution is 9.10. The number of thioether (sulfide) groups is 1. The second kappa shape index (κ2) is 6.06. The van der Waals surface area contributed by atoms with Crippen molar-refractivity contribution in [1.29, 1.82) is 0 Å². The van der Waals surface area contributed by atoms with Crippen LogP contribution in [0.3, 0.4) is 0 Å². The zero-order valence-corrected chi connectivity index (χ0v) is 14.8. The van der Waals surface area contributed by atoms with Gasteiger partial charge in [0, 0.05) is 34.7 Å².